The number of hydrogen-bond acceptors (Lipinski definition) is 2. The van der Waals surface area contributed by atoms with Crippen molar-refractivity contribution in [2.75, 3.05) is 0 Å². The largest absolute Gasteiger partial charge is 0.351 e. The standard InChI is InChI=1S/C27H54N2O2/c1-22(2,3)17-24(7,8)15-20(30)28-26(11,12)19-27(13,14)29-21(31)16-25(9,10)18-23(4,5)6/h15-19H2,1-14H3,(H,28,30)(H,29,31). The van der Waals surface area contributed by atoms with E-state index < -0.39 is 11.1 Å². The second kappa shape index (κ2) is 9.83. The summed E-state index contributed by atoms with van der Waals surface area (Å²) in [4.78, 5) is 25.6. The molecule has 2 N–H and O–H groups in total. The Morgan fingerprint density at radius 3 is 0.968 bits per heavy atom. The molecule has 0 atom stereocenters. The molecule has 0 aromatic carbocycles. The molecule has 0 radical (unpaired) electrons. The lowest BCUT2D eigenvalue weighted by atomic mass is 9.74. The van der Waals surface area contributed by atoms with Crippen molar-refractivity contribution >= 4 is 11.8 Å². The van der Waals surface area contributed by atoms with Gasteiger partial charge in [0.05, 0.1) is 0 Å². The normalized spacial score (nSPS) is 14.4. The number of carbonyl (C=O) groups excluding carboxylic acids is 2. The van der Waals surface area contributed by atoms with Crippen LogP contribution in [0.1, 0.15) is 129 Å². The summed E-state index contributed by atoms with van der Waals surface area (Å²) in [5.74, 6) is 0.153. The average Bonchev–Trinajstić information content (AvgIpc) is 2.24. The van der Waals surface area contributed by atoms with E-state index in [2.05, 4.69) is 79.9 Å². The van der Waals surface area contributed by atoms with Gasteiger partial charge in [-0.2, -0.15) is 0 Å². The van der Waals surface area contributed by atoms with Crippen molar-refractivity contribution in [1.29, 1.82) is 0 Å². The Kier molecular flexibility index (Phi) is 9.49. The van der Waals surface area contributed by atoms with Gasteiger partial charge in [-0.1, -0.05) is 69.2 Å². The topological polar surface area (TPSA) is 58.2 Å². The van der Waals surface area contributed by atoms with Crippen LogP contribution in [0, 0.1) is 21.7 Å². The minimum Gasteiger partial charge on any atom is -0.351 e. The first-order valence-corrected chi connectivity index (χ1v) is 11.9. The van der Waals surface area contributed by atoms with Crippen LogP contribution in [0.15, 0.2) is 0 Å². The van der Waals surface area contributed by atoms with E-state index in [1.807, 2.05) is 27.7 Å². The third kappa shape index (κ3) is 15.4. The van der Waals surface area contributed by atoms with E-state index >= 15 is 0 Å². The van der Waals surface area contributed by atoms with Gasteiger partial charge in [-0.15, -0.1) is 0 Å². The minimum atomic E-state index is -0.410. The summed E-state index contributed by atoms with van der Waals surface area (Å²) in [5.41, 5.74) is -0.556. The molecule has 0 aromatic heterocycles. The fourth-order valence-electron chi connectivity index (χ4n) is 5.90. The molecule has 184 valence electrons. The van der Waals surface area contributed by atoms with E-state index in [9.17, 15) is 9.59 Å². The van der Waals surface area contributed by atoms with Crippen LogP contribution in [0.2, 0.25) is 0 Å². The maximum absolute atomic E-state index is 12.8. The molecule has 4 nitrogen and oxygen atoms in total. The summed E-state index contributed by atoms with van der Waals surface area (Å²) in [5, 5.41) is 6.43. The highest BCUT2D eigenvalue weighted by atomic mass is 16.2. The summed E-state index contributed by atoms with van der Waals surface area (Å²) in [6.45, 7) is 30.1. The molecule has 0 unspecified atom stereocenters. The summed E-state index contributed by atoms with van der Waals surface area (Å²) in [6.07, 6.45) is 3.64. The predicted molar refractivity (Wildman–Crippen MR) is 134 cm³/mol. The fraction of sp³-hybridized carbons (Fsp3) is 0.926. The number of hydrogen-bond donors (Lipinski definition) is 2. The van der Waals surface area contributed by atoms with Crippen molar-refractivity contribution in [3.8, 4) is 0 Å². The Hall–Kier alpha value is -1.06. The Balaban J connectivity index is 4.92. The van der Waals surface area contributed by atoms with Crippen LogP contribution in [0.4, 0.5) is 0 Å². The molecule has 31 heavy (non-hydrogen) atoms. The molecular weight excluding hydrogens is 384 g/mol. The molecule has 0 aliphatic rings. The van der Waals surface area contributed by atoms with E-state index in [0.29, 0.717) is 19.3 Å². The number of carbonyl (C=O) groups is 2. The van der Waals surface area contributed by atoms with E-state index in [4.69, 9.17) is 0 Å². The Labute approximate surface area is 194 Å². The predicted octanol–water partition coefficient (Wildman–Crippen LogP) is 6.87. The number of nitrogens with one attached hydrogen (secondary N) is 2. The molecule has 0 aliphatic carbocycles. The second-order valence-electron chi connectivity index (χ2n) is 15.2. The lowest BCUT2D eigenvalue weighted by molar-refractivity contribution is -0.125. The van der Waals surface area contributed by atoms with E-state index in [-0.39, 0.29) is 33.5 Å². The highest BCUT2D eigenvalue weighted by molar-refractivity contribution is 5.78. The minimum absolute atomic E-state index is 0.0548. The SMILES string of the molecule is CC(C)(C)CC(C)(C)CC(=O)NC(C)(C)CC(C)(C)NC(=O)CC(C)(C)CC(C)(C)C. The van der Waals surface area contributed by atoms with Crippen LogP contribution in [-0.4, -0.2) is 22.9 Å². The molecule has 2 amide bonds. The molecular formula is C27H54N2O2. The maximum atomic E-state index is 12.8. The summed E-state index contributed by atoms with van der Waals surface area (Å²) in [6, 6.07) is 0. The van der Waals surface area contributed by atoms with Crippen molar-refractivity contribution in [3.63, 3.8) is 0 Å². The van der Waals surface area contributed by atoms with Gasteiger partial charge in [0, 0.05) is 23.9 Å². The molecule has 0 aromatic rings. The highest BCUT2D eigenvalue weighted by Gasteiger charge is 2.35. The lowest BCUT2D eigenvalue weighted by Crippen LogP contribution is -2.54. The average molecular weight is 439 g/mol. The summed E-state index contributed by atoms with van der Waals surface area (Å²) in [7, 11) is 0. The number of amides is 2. The Morgan fingerprint density at radius 1 is 0.484 bits per heavy atom. The van der Waals surface area contributed by atoms with Crippen LogP contribution in [0.3, 0.4) is 0 Å². The van der Waals surface area contributed by atoms with Crippen LogP contribution >= 0.6 is 0 Å². The van der Waals surface area contributed by atoms with E-state index in [1.165, 1.54) is 0 Å². The zero-order valence-electron chi connectivity index (χ0n) is 23.4. The van der Waals surface area contributed by atoms with Gasteiger partial charge in [-0.25, -0.2) is 0 Å². The first-order valence-electron chi connectivity index (χ1n) is 11.9. The fourth-order valence-corrected chi connectivity index (χ4v) is 5.90. The second-order valence-corrected chi connectivity index (χ2v) is 15.2. The van der Waals surface area contributed by atoms with Crippen molar-refractivity contribution in [2.24, 2.45) is 21.7 Å². The first kappa shape index (κ1) is 29.9. The van der Waals surface area contributed by atoms with Crippen LogP contribution in [0.5, 0.6) is 0 Å². The molecule has 4 heteroatoms. The van der Waals surface area contributed by atoms with Crippen LogP contribution < -0.4 is 10.6 Å². The monoisotopic (exact) mass is 438 g/mol. The van der Waals surface area contributed by atoms with Gasteiger partial charge in [-0.05, 0) is 68.6 Å². The van der Waals surface area contributed by atoms with Gasteiger partial charge in [-0.3, -0.25) is 9.59 Å². The summed E-state index contributed by atoms with van der Waals surface area (Å²) >= 11 is 0. The van der Waals surface area contributed by atoms with Gasteiger partial charge >= 0.3 is 0 Å². The van der Waals surface area contributed by atoms with Gasteiger partial charge in [0.2, 0.25) is 11.8 Å². The third-order valence-electron chi connectivity index (χ3n) is 5.14. The molecule has 0 saturated carbocycles. The van der Waals surface area contributed by atoms with E-state index in [0.717, 1.165) is 12.8 Å². The molecule has 0 spiro atoms. The molecule has 0 bridgehead atoms. The molecule has 0 rings (SSSR count). The quantitative estimate of drug-likeness (QED) is 0.391. The van der Waals surface area contributed by atoms with E-state index in [1.54, 1.807) is 0 Å². The zero-order valence-corrected chi connectivity index (χ0v) is 23.4. The van der Waals surface area contributed by atoms with Crippen LogP contribution in [0.25, 0.3) is 0 Å². The smallest absolute Gasteiger partial charge is 0.220 e. The van der Waals surface area contributed by atoms with Gasteiger partial charge < -0.3 is 10.6 Å². The van der Waals surface area contributed by atoms with Crippen molar-refractivity contribution < 1.29 is 9.59 Å². The Bertz CT molecular complexity index is 560. The van der Waals surface area contributed by atoms with Crippen molar-refractivity contribution in [1.82, 2.24) is 10.6 Å². The first-order chi connectivity index (χ1) is 13.3. The third-order valence-corrected chi connectivity index (χ3v) is 5.14. The van der Waals surface area contributed by atoms with Gasteiger partial charge in [0.25, 0.3) is 0 Å². The highest BCUT2D eigenvalue weighted by Crippen LogP contribution is 2.37. The van der Waals surface area contributed by atoms with Gasteiger partial charge in [0.1, 0.15) is 0 Å². The zero-order chi connectivity index (χ0) is 25.1. The lowest BCUT2D eigenvalue weighted by Gasteiger charge is -2.38. The Morgan fingerprint density at radius 2 is 0.742 bits per heavy atom. The van der Waals surface area contributed by atoms with Gasteiger partial charge in [0.15, 0.2) is 0 Å². The molecule has 0 aliphatic heterocycles. The molecule has 0 fully saturated rings. The molecule has 0 saturated heterocycles. The van der Waals surface area contributed by atoms with Crippen molar-refractivity contribution in [3.05, 3.63) is 0 Å². The maximum Gasteiger partial charge on any atom is 0.220 e. The number of rotatable bonds is 10. The summed E-state index contributed by atoms with van der Waals surface area (Å²) < 4.78 is 0. The van der Waals surface area contributed by atoms with Crippen LogP contribution in [-0.2, 0) is 9.59 Å². The van der Waals surface area contributed by atoms with Crippen molar-refractivity contribution in [2.45, 2.75) is 140 Å². The molecule has 0 heterocycles.